The van der Waals surface area contributed by atoms with Crippen LogP contribution in [-0.4, -0.2) is 25.3 Å². The highest BCUT2D eigenvalue weighted by molar-refractivity contribution is 5.69. The van der Waals surface area contributed by atoms with Crippen molar-refractivity contribution in [1.82, 2.24) is 0 Å². The summed E-state index contributed by atoms with van der Waals surface area (Å²) in [5.74, 6) is -0.0161. The number of rotatable bonds is 12. The summed E-state index contributed by atoms with van der Waals surface area (Å²) in [6, 6.07) is 0. The van der Waals surface area contributed by atoms with Gasteiger partial charge in [-0.05, 0) is 38.5 Å². The first kappa shape index (κ1) is 17.5. The monoisotopic (exact) mass is 284 g/mol. The number of unbranched alkanes of at least 4 members (excludes halogenated alkanes) is 6. The zero-order valence-corrected chi connectivity index (χ0v) is 13.2. The smallest absolute Gasteiger partial charge is 0.305 e. The van der Waals surface area contributed by atoms with Crippen molar-refractivity contribution in [2.45, 2.75) is 90.1 Å². The molecule has 1 fully saturated rings. The minimum absolute atomic E-state index is 0.0161. The van der Waals surface area contributed by atoms with Gasteiger partial charge in [-0.15, -0.1) is 0 Å². The molecule has 0 saturated carbocycles. The van der Waals surface area contributed by atoms with E-state index in [0.29, 0.717) is 19.1 Å². The summed E-state index contributed by atoms with van der Waals surface area (Å²) in [4.78, 5) is 11.5. The number of hydrogen-bond acceptors (Lipinski definition) is 3. The molecular formula is C17H32O3. The predicted octanol–water partition coefficient (Wildman–Crippen LogP) is 4.63. The summed E-state index contributed by atoms with van der Waals surface area (Å²) in [6.45, 7) is 3.73. The molecule has 0 aliphatic carbocycles. The fourth-order valence-corrected chi connectivity index (χ4v) is 2.65. The van der Waals surface area contributed by atoms with E-state index in [1.54, 1.807) is 0 Å². The van der Waals surface area contributed by atoms with Gasteiger partial charge in [0.25, 0.3) is 0 Å². The van der Waals surface area contributed by atoms with Crippen molar-refractivity contribution < 1.29 is 14.3 Å². The first-order valence-corrected chi connectivity index (χ1v) is 8.60. The first-order valence-electron chi connectivity index (χ1n) is 8.60. The molecular weight excluding hydrogens is 252 g/mol. The largest absolute Gasteiger partial charge is 0.466 e. The van der Waals surface area contributed by atoms with Gasteiger partial charge in [0.05, 0.1) is 12.7 Å². The summed E-state index contributed by atoms with van der Waals surface area (Å²) in [5, 5.41) is 0. The Morgan fingerprint density at radius 3 is 2.65 bits per heavy atom. The first-order chi connectivity index (χ1) is 9.83. The molecule has 3 heteroatoms. The van der Waals surface area contributed by atoms with Crippen molar-refractivity contribution in [3.05, 3.63) is 0 Å². The Morgan fingerprint density at radius 2 is 1.90 bits per heavy atom. The molecule has 1 heterocycles. The van der Waals surface area contributed by atoms with Gasteiger partial charge >= 0.3 is 5.97 Å². The van der Waals surface area contributed by atoms with E-state index >= 15 is 0 Å². The van der Waals surface area contributed by atoms with Gasteiger partial charge in [-0.25, -0.2) is 0 Å². The zero-order valence-electron chi connectivity index (χ0n) is 13.2. The van der Waals surface area contributed by atoms with E-state index in [2.05, 4.69) is 6.92 Å². The highest BCUT2D eigenvalue weighted by Crippen LogP contribution is 2.17. The van der Waals surface area contributed by atoms with Crippen LogP contribution in [0.3, 0.4) is 0 Å². The normalized spacial score (nSPS) is 18.4. The molecule has 118 valence electrons. The average Bonchev–Trinajstić information content (AvgIpc) is 2.95. The summed E-state index contributed by atoms with van der Waals surface area (Å²) in [5.41, 5.74) is 0. The average molecular weight is 284 g/mol. The fraction of sp³-hybridized carbons (Fsp3) is 0.941. The second-order valence-electron chi connectivity index (χ2n) is 5.87. The molecule has 3 nitrogen and oxygen atoms in total. The van der Waals surface area contributed by atoms with Crippen LogP contribution in [0.25, 0.3) is 0 Å². The number of hydrogen-bond donors (Lipinski definition) is 0. The lowest BCUT2D eigenvalue weighted by molar-refractivity contribution is -0.143. The molecule has 0 N–H and O–H groups in total. The van der Waals surface area contributed by atoms with E-state index < -0.39 is 0 Å². The molecule has 1 atom stereocenters. The lowest BCUT2D eigenvalue weighted by Crippen LogP contribution is -2.08. The quantitative estimate of drug-likeness (QED) is 0.387. The van der Waals surface area contributed by atoms with Crippen molar-refractivity contribution in [2.24, 2.45) is 0 Å². The van der Waals surface area contributed by atoms with E-state index in [9.17, 15) is 4.79 Å². The molecule has 0 bridgehead atoms. The van der Waals surface area contributed by atoms with E-state index in [1.807, 2.05) is 0 Å². The van der Waals surface area contributed by atoms with Crippen LogP contribution in [0.4, 0.5) is 0 Å². The maximum absolute atomic E-state index is 11.5. The molecule has 0 aromatic carbocycles. The minimum Gasteiger partial charge on any atom is -0.466 e. The van der Waals surface area contributed by atoms with Crippen molar-refractivity contribution in [2.75, 3.05) is 13.2 Å². The second-order valence-corrected chi connectivity index (χ2v) is 5.87. The summed E-state index contributed by atoms with van der Waals surface area (Å²) in [7, 11) is 0. The number of esters is 1. The Balaban J connectivity index is 1.80. The van der Waals surface area contributed by atoms with Gasteiger partial charge < -0.3 is 9.47 Å². The predicted molar refractivity (Wildman–Crippen MR) is 81.8 cm³/mol. The van der Waals surface area contributed by atoms with Gasteiger partial charge in [-0.2, -0.15) is 0 Å². The van der Waals surface area contributed by atoms with Crippen molar-refractivity contribution in [3.63, 3.8) is 0 Å². The molecule has 1 saturated heterocycles. The van der Waals surface area contributed by atoms with Crippen LogP contribution >= 0.6 is 0 Å². The number of carbonyl (C=O) groups excluding carboxylic acids is 1. The number of ether oxygens (including phenoxy) is 2. The highest BCUT2D eigenvalue weighted by Gasteiger charge is 2.14. The van der Waals surface area contributed by atoms with Crippen LogP contribution in [-0.2, 0) is 14.3 Å². The van der Waals surface area contributed by atoms with Gasteiger partial charge in [0, 0.05) is 13.0 Å². The van der Waals surface area contributed by atoms with Crippen LogP contribution in [0.15, 0.2) is 0 Å². The third kappa shape index (κ3) is 9.35. The van der Waals surface area contributed by atoms with Gasteiger partial charge in [-0.3, -0.25) is 4.79 Å². The molecule has 1 aliphatic heterocycles. The van der Waals surface area contributed by atoms with Crippen molar-refractivity contribution >= 4 is 5.97 Å². The molecule has 0 spiro atoms. The van der Waals surface area contributed by atoms with Crippen molar-refractivity contribution in [3.8, 4) is 0 Å². The second kappa shape index (κ2) is 12.2. The van der Waals surface area contributed by atoms with Gasteiger partial charge in [0.15, 0.2) is 0 Å². The molecule has 0 unspecified atom stereocenters. The van der Waals surface area contributed by atoms with Crippen LogP contribution in [0.2, 0.25) is 0 Å². The molecule has 0 aromatic heterocycles. The zero-order chi connectivity index (χ0) is 14.5. The Morgan fingerprint density at radius 1 is 1.10 bits per heavy atom. The maximum atomic E-state index is 11.5. The molecule has 0 amide bonds. The third-order valence-corrected chi connectivity index (χ3v) is 3.94. The van der Waals surface area contributed by atoms with Gasteiger partial charge in [0.1, 0.15) is 0 Å². The summed E-state index contributed by atoms with van der Waals surface area (Å²) < 4.78 is 10.8. The summed E-state index contributed by atoms with van der Waals surface area (Å²) in [6.07, 6.45) is 14.0. The molecule has 20 heavy (non-hydrogen) atoms. The lowest BCUT2D eigenvalue weighted by atomic mass is 10.1. The highest BCUT2D eigenvalue weighted by atomic mass is 16.5. The Bertz CT molecular complexity index is 234. The molecule has 1 rings (SSSR count). The van der Waals surface area contributed by atoms with Crippen LogP contribution in [0.1, 0.15) is 84.0 Å². The lowest BCUT2D eigenvalue weighted by Gasteiger charge is -2.09. The third-order valence-electron chi connectivity index (χ3n) is 3.94. The summed E-state index contributed by atoms with van der Waals surface area (Å²) >= 11 is 0. The van der Waals surface area contributed by atoms with E-state index in [4.69, 9.17) is 9.47 Å². The molecule has 0 aromatic rings. The standard InChI is InChI=1S/C17H32O3/c1-2-3-4-5-6-7-13-17(18)20-14-9-8-11-16-12-10-15-19-16/h16H,2-15H2,1H3/t16-/m1/s1. The Hall–Kier alpha value is -0.570. The molecule has 1 aliphatic rings. The van der Waals surface area contributed by atoms with Gasteiger partial charge in [0.2, 0.25) is 0 Å². The van der Waals surface area contributed by atoms with Crippen LogP contribution < -0.4 is 0 Å². The maximum Gasteiger partial charge on any atom is 0.305 e. The van der Waals surface area contributed by atoms with E-state index in [-0.39, 0.29) is 5.97 Å². The van der Waals surface area contributed by atoms with Gasteiger partial charge in [-0.1, -0.05) is 39.0 Å². The minimum atomic E-state index is -0.0161. The van der Waals surface area contributed by atoms with Crippen molar-refractivity contribution in [1.29, 1.82) is 0 Å². The van der Waals surface area contributed by atoms with Crippen LogP contribution in [0, 0.1) is 0 Å². The fourth-order valence-electron chi connectivity index (χ4n) is 2.65. The topological polar surface area (TPSA) is 35.5 Å². The molecule has 0 radical (unpaired) electrons. The van der Waals surface area contributed by atoms with Crippen LogP contribution in [0.5, 0.6) is 0 Å². The number of carbonyl (C=O) groups is 1. The Kier molecular flexibility index (Phi) is 10.7. The Labute approximate surface area is 124 Å². The van der Waals surface area contributed by atoms with E-state index in [0.717, 1.165) is 38.7 Å². The SMILES string of the molecule is CCCCCCCCC(=O)OCCCC[C@@H]1CCCO1. The van der Waals surface area contributed by atoms with E-state index in [1.165, 1.54) is 38.5 Å².